The number of rotatable bonds is 6. The molecule has 0 atom stereocenters. The quantitative estimate of drug-likeness (QED) is 0.720. The first-order valence-electron chi connectivity index (χ1n) is 6.93. The normalized spacial score (nSPS) is 10.7. The summed E-state index contributed by atoms with van der Waals surface area (Å²) in [5.74, 6) is 1.56. The fourth-order valence-corrected chi connectivity index (χ4v) is 1.99. The van der Waals surface area contributed by atoms with Gasteiger partial charge in [-0.2, -0.15) is 0 Å². The molecular formula is C14H17N7. The first-order valence-corrected chi connectivity index (χ1v) is 6.93. The Labute approximate surface area is 122 Å². The van der Waals surface area contributed by atoms with Crippen molar-refractivity contribution in [3.63, 3.8) is 0 Å². The highest BCUT2D eigenvalue weighted by atomic mass is 15.1. The van der Waals surface area contributed by atoms with Gasteiger partial charge >= 0.3 is 0 Å². The van der Waals surface area contributed by atoms with E-state index in [1.54, 1.807) is 12.4 Å². The third-order valence-electron chi connectivity index (χ3n) is 3.01. The van der Waals surface area contributed by atoms with Crippen LogP contribution in [0.1, 0.15) is 19.0 Å². The van der Waals surface area contributed by atoms with E-state index < -0.39 is 0 Å². The average Bonchev–Trinajstić information content (AvgIpc) is 3.00. The highest BCUT2D eigenvalue weighted by Gasteiger charge is 2.07. The number of hydrogen-bond acceptors (Lipinski definition) is 6. The maximum absolute atomic E-state index is 4.58. The van der Waals surface area contributed by atoms with E-state index in [9.17, 15) is 0 Å². The molecule has 0 aliphatic carbocycles. The van der Waals surface area contributed by atoms with Crippen molar-refractivity contribution in [3.8, 4) is 0 Å². The van der Waals surface area contributed by atoms with Gasteiger partial charge in [0.1, 0.15) is 12.1 Å². The van der Waals surface area contributed by atoms with Crippen LogP contribution in [-0.4, -0.2) is 30.9 Å². The summed E-state index contributed by atoms with van der Waals surface area (Å²) in [6.45, 7) is 3.59. The summed E-state index contributed by atoms with van der Waals surface area (Å²) in [6, 6.07) is 1.87. The van der Waals surface area contributed by atoms with Crippen LogP contribution >= 0.6 is 0 Å². The largest absolute Gasteiger partial charge is 0.369 e. The molecule has 7 heteroatoms. The first-order chi connectivity index (χ1) is 10.4. The summed E-state index contributed by atoms with van der Waals surface area (Å²) in [7, 11) is 0. The predicted octanol–water partition coefficient (Wildman–Crippen LogP) is 1.95. The lowest BCUT2D eigenvalue weighted by Gasteiger charge is -2.10. The maximum atomic E-state index is 4.58. The summed E-state index contributed by atoms with van der Waals surface area (Å²) in [5.41, 5.74) is 1.70. The standard InChI is InChI=1S/C14H17N7/c1-2-4-16-12-9-21-7-6-17-14(21)13(20-12)18-8-11-3-5-15-10-19-11/h3,5-7,9-10,16H,2,4,8H2,1H3,(H,18,20). The summed E-state index contributed by atoms with van der Waals surface area (Å²) in [5, 5.41) is 6.57. The van der Waals surface area contributed by atoms with Crippen LogP contribution in [0.4, 0.5) is 11.6 Å². The Morgan fingerprint density at radius 3 is 2.95 bits per heavy atom. The minimum Gasteiger partial charge on any atom is -0.369 e. The Morgan fingerprint density at radius 2 is 2.14 bits per heavy atom. The molecule has 0 aliphatic heterocycles. The molecule has 0 unspecified atom stereocenters. The molecule has 0 saturated carbocycles. The van der Waals surface area contributed by atoms with Gasteiger partial charge in [-0.3, -0.25) is 0 Å². The van der Waals surface area contributed by atoms with Crippen LogP contribution in [0.2, 0.25) is 0 Å². The monoisotopic (exact) mass is 283 g/mol. The van der Waals surface area contributed by atoms with Gasteiger partial charge in [-0.05, 0) is 12.5 Å². The number of hydrogen-bond donors (Lipinski definition) is 2. The molecule has 3 rings (SSSR count). The molecule has 108 valence electrons. The van der Waals surface area contributed by atoms with E-state index in [1.807, 2.05) is 22.9 Å². The minimum atomic E-state index is 0.579. The van der Waals surface area contributed by atoms with E-state index >= 15 is 0 Å². The molecule has 7 nitrogen and oxygen atoms in total. The zero-order valence-electron chi connectivity index (χ0n) is 11.8. The Morgan fingerprint density at radius 1 is 1.19 bits per heavy atom. The molecule has 0 aromatic carbocycles. The van der Waals surface area contributed by atoms with Crippen molar-refractivity contribution >= 4 is 17.3 Å². The van der Waals surface area contributed by atoms with Crippen molar-refractivity contribution in [3.05, 3.63) is 42.9 Å². The van der Waals surface area contributed by atoms with Crippen molar-refractivity contribution in [2.45, 2.75) is 19.9 Å². The van der Waals surface area contributed by atoms with Gasteiger partial charge in [0.25, 0.3) is 0 Å². The van der Waals surface area contributed by atoms with Gasteiger partial charge < -0.3 is 15.0 Å². The molecule has 0 aliphatic rings. The number of anilines is 2. The molecule has 3 aromatic rings. The Bertz CT molecular complexity index is 708. The van der Waals surface area contributed by atoms with Crippen molar-refractivity contribution in [1.29, 1.82) is 0 Å². The smallest absolute Gasteiger partial charge is 0.180 e. The van der Waals surface area contributed by atoms with Crippen molar-refractivity contribution in [2.75, 3.05) is 17.2 Å². The van der Waals surface area contributed by atoms with Gasteiger partial charge in [0.2, 0.25) is 0 Å². The zero-order chi connectivity index (χ0) is 14.5. The van der Waals surface area contributed by atoms with E-state index in [-0.39, 0.29) is 0 Å². The fourth-order valence-electron chi connectivity index (χ4n) is 1.99. The summed E-state index contributed by atoms with van der Waals surface area (Å²) in [4.78, 5) is 17.0. The maximum Gasteiger partial charge on any atom is 0.180 e. The van der Waals surface area contributed by atoms with Crippen LogP contribution in [0.3, 0.4) is 0 Å². The molecule has 3 heterocycles. The number of nitrogens with zero attached hydrogens (tertiary/aromatic N) is 5. The van der Waals surface area contributed by atoms with Gasteiger partial charge in [-0.15, -0.1) is 0 Å². The average molecular weight is 283 g/mol. The molecule has 0 spiro atoms. The molecule has 0 bridgehead atoms. The van der Waals surface area contributed by atoms with Crippen LogP contribution in [0, 0.1) is 0 Å². The Kier molecular flexibility index (Phi) is 3.90. The zero-order valence-corrected chi connectivity index (χ0v) is 11.8. The van der Waals surface area contributed by atoms with Crippen LogP contribution in [0.25, 0.3) is 5.65 Å². The number of aromatic nitrogens is 5. The van der Waals surface area contributed by atoms with Crippen LogP contribution in [-0.2, 0) is 6.54 Å². The molecule has 0 saturated heterocycles. The highest BCUT2D eigenvalue weighted by molar-refractivity contribution is 5.65. The van der Waals surface area contributed by atoms with E-state index in [2.05, 4.69) is 37.5 Å². The second-order valence-electron chi connectivity index (χ2n) is 4.61. The molecule has 0 fully saturated rings. The minimum absolute atomic E-state index is 0.579. The molecule has 3 aromatic heterocycles. The van der Waals surface area contributed by atoms with Gasteiger partial charge in [-0.25, -0.2) is 19.9 Å². The van der Waals surface area contributed by atoms with Crippen LogP contribution < -0.4 is 10.6 Å². The number of imidazole rings is 1. The van der Waals surface area contributed by atoms with Gasteiger partial charge in [0.15, 0.2) is 11.5 Å². The highest BCUT2D eigenvalue weighted by Crippen LogP contribution is 2.17. The van der Waals surface area contributed by atoms with E-state index in [0.717, 1.165) is 35.9 Å². The summed E-state index contributed by atoms with van der Waals surface area (Å²) < 4.78 is 1.95. The molecule has 0 radical (unpaired) electrons. The number of nitrogens with one attached hydrogen (secondary N) is 2. The lowest BCUT2D eigenvalue weighted by molar-refractivity contribution is 0.954. The first kappa shape index (κ1) is 13.3. The molecule has 0 amide bonds. The van der Waals surface area contributed by atoms with Crippen molar-refractivity contribution in [2.24, 2.45) is 0 Å². The van der Waals surface area contributed by atoms with Gasteiger partial charge in [0.05, 0.1) is 18.4 Å². The van der Waals surface area contributed by atoms with Gasteiger partial charge in [-0.1, -0.05) is 6.92 Å². The molecule has 2 N–H and O–H groups in total. The topological polar surface area (TPSA) is 80.0 Å². The Hall–Kier alpha value is -2.70. The molecular weight excluding hydrogens is 266 g/mol. The molecule has 21 heavy (non-hydrogen) atoms. The van der Waals surface area contributed by atoms with E-state index in [1.165, 1.54) is 6.33 Å². The second-order valence-corrected chi connectivity index (χ2v) is 4.61. The van der Waals surface area contributed by atoms with Crippen LogP contribution in [0.5, 0.6) is 0 Å². The second kappa shape index (κ2) is 6.17. The lowest BCUT2D eigenvalue weighted by atomic mass is 10.4. The van der Waals surface area contributed by atoms with Crippen molar-refractivity contribution in [1.82, 2.24) is 24.3 Å². The SMILES string of the molecule is CCCNc1cn2ccnc2c(NCc2ccncn2)n1. The predicted molar refractivity (Wildman–Crippen MR) is 81.1 cm³/mol. The third kappa shape index (κ3) is 3.07. The Balaban J connectivity index is 1.83. The fraction of sp³-hybridized carbons (Fsp3) is 0.286. The third-order valence-corrected chi connectivity index (χ3v) is 3.01. The van der Waals surface area contributed by atoms with Crippen molar-refractivity contribution < 1.29 is 0 Å². The number of fused-ring (bicyclic) bond motifs is 1. The summed E-state index contributed by atoms with van der Waals surface area (Å²) >= 11 is 0. The van der Waals surface area contributed by atoms with Gasteiger partial charge in [0, 0.05) is 25.1 Å². The summed E-state index contributed by atoms with van der Waals surface area (Å²) in [6.07, 6.45) is 9.91. The van der Waals surface area contributed by atoms with E-state index in [0.29, 0.717) is 6.54 Å². The van der Waals surface area contributed by atoms with E-state index in [4.69, 9.17) is 0 Å². The lowest BCUT2D eigenvalue weighted by Crippen LogP contribution is -2.09. The van der Waals surface area contributed by atoms with Crippen LogP contribution in [0.15, 0.2) is 37.2 Å².